The maximum atomic E-state index is 14.1. The summed E-state index contributed by atoms with van der Waals surface area (Å²) in [5.74, 6) is -3.51. The van der Waals surface area contributed by atoms with Gasteiger partial charge in [-0.25, -0.2) is 4.39 Å². The second-order valence-corrected chi connectivity index (χ2v) is 16.9. The van der Waals surface area contributed by atoms with Crippen LogP contribution in [0.2, 0.25) is 10.0 Å². The molecular weight excluding hydrogens is 916 g/mol. The van der Waals surface area contributed by atoms with Crippen molar-refractivity contribution in [3.05, 3.63) is 104 Å². The summed E-state index contributed by atoms with van der Waals surface area (Å²) in [7, 11) is 0. The zero-order valence-electron chi connectivity index (χ0n) is 36.1. The third-order valence-corrected chi connectivity index (χ3v) is 12.3. The molecule has 0 spiro atoms. The predicted octanol–water partition coefficient (Wildman–Crippen LogP) is 4.68. The van der Waals surface area contributed by atoms with E-state index in [1.807, 2.05) is 13.8 Å². The minimum Gasteiger partial charge on any atom is -0.462 e. The van der Waals surface area contributed by atoms with E-state index < -0.39 is 47.6 Å². The van der Waals surface area contributed by atoms with E-state index in [4.69, 9.17) is 37.4 Å². The molecule has 67 heavy (non-hydrogen) atoms. The minimum atomic E-state index is -1.06. The fourth-order valence-corrected chi connectivity index (χ4v) is 9.02. The van der Waals surface area contributed by atoms with Gasteiger partial charge in [0.1, 0.15) is 11.9 Å². The van der Waals surface area contributed by atoms with Crippen LogP contribution in [0, 0.1) is 5.82 Å². The van der Waals surface area contributed by atoms with Crippen LogP contribution in [0.25, 0.3) is 0 Å². The molecular formula is C45H44Cl2FN9O10. The zero-order valence-corrected chi connectivity index (χ0v) is 37.6. The van der Waals surface area contributed by atoms with Crippen LogP contribution in [-0.2, 0) is 23.9 Å². The van der Waals surface area contributed by atoms with Crippen molar-refractivity contribution in [1.29, 1.82) is 0 Å². The van der Waals surface area contributed by atoms with E-state index in [9.17, 15) is 38.0 Å². The summed E-state index contributed by atoms with van der Waals surface area (Å²) in [6.07, 6.45) is -0.721. The van der Waals surface area contributed by atoms with Gasteiger partial charge >= 0.3 is 0 Å². The van der Waals surface area contributed by atoms with Crippen molar-refractivity contribution < 1.29 is 52.2 Å². The van der Waals surface area contributed by atoms with Gasteiger partial charge in [-0.2, -0.15) is 0 Å². The fraction of sp³-hybridized carbons (Fsp3) is 0.356. The fourth-order valence-electron chi connectivity index (χ4n) is 8.45. The number of fused-ring (bicyclic) bond motifs is 2. The summed E-state index contributed by atoms with van der Waals surface area (Å²) in [6, 6.07) is 13.5. The van der Waals surface area contributed by atoms with Gasteiger partial charge in [0.15, 0.2) is 17.3 Å². The number of nitrogens with zero attached hydrogens (tertiary/aromatic N) is 5. The van der Waals surface area contributed by atoms with Gasteiger partial charge in [-0.15, -0.1) is 10.2 Å². The molecule has 4 atom stereocenters. The highest BCUT2D eigenvalue weighted by Gasteiger charge is 2.45. The maximum Gasteiger partial charge on any atom is 0.276 e. The molecule has 3 aromatic carbocycles. The van der Waals surface area contributed by atoms with E-state index in [-0.39, 0.29) is 114 Å². The number of hydrogen-bond donors (Lipinski definition) is 4. The van der Waals surface area contributed by atoms with Gasteiger partial charge in [0, 0.05) is 61.1 Å². The number of anilines is 3. The van der Waals surface area contributed by atoms with Crippen LogP contribution < -0.4 is 26.0 Å². The van der Waals surface area contributed by atoms with Gasteiger partial charge in [0.05, 0.1) is 59.6 Å². The van der Waals surface area contributed by atoms with Gasteiger partial charge in [-0.1, -0.05) is 29.3 Å². The van der Waals surface area contributed by atoms with E-state index in [1.54, 1.807) is 46.2 Å². The Bertz CT molecular complexity index is 2650. The lowest BCUT2D eigenvalue weighted by molar-refractivity contribution is -0.140. The molecule has 1 unspecified atom stereocenters. The van der Waals surface area contributed by atoms with Crippen LogP contribution >= 0.6 is 23.2 Å². The van der Waals surface area contributed by atoms with Gasteiger partial charge in [-0.05, 0) is 68.8 Å². The number of nitrogens with one attached hydrogen (secondary N) is 4. The monoisotopic (exact) mass is 959 g/mol. The van der Waals surface area contributed by atoms with Gasteiger partial charge < -0.3 is 40.0 Å². The molecule has 7 amide bonds. The first-order valence-electron chi connectivity index (χ1n) is 21.4. The van der Waals surface area contributed by atoms with Crippen molar-refractivity contribution in [3.63, 3.8) is 0 Å². The Morgan fingerprint density at radius 2 is 1.64 bits per heavy atom. The van der Waals surface area contributed by atoms with Crippen LogP contribution in [0.15, 0.2) is 60.7 Å². The van der Waals surface area contributed by atoms with Crippen molar-refractivity contribution >= 4 is 81.7 Å². The SMILES string of the molecule is C[C@@H]1CN(C(=O)c2ccc(NC(=O)c3cc4c(nn3)N[C@H](c3c(Cl)ccc(F)c3Cl)O4)cc2)C[C@H](C)N1C(=O)CCOCCOCCNc1cccc2c1C(=O)N(C1CCC(=O)NC1=O)C2=O. The molecule has 5 heterocycles. The third-order valence-electron chi connectivity index (χ3n) is 11.6. The van der Waals surface area contributed by atoms with Crippen molar-refractivity contribution in [3.8, 4) is 5.75 Å². The highest BCUT2D eigenvalue weighted by molar-refractivity contribution is 6.36. The highest BCUT2D eigenvalue weighted by atomic mass is 35.5. The standard InChI is InChI=1S/C45H44Cl2FN9O10/c1-23-21-55(43(62)25-6-8-26(9-7-25)50-40(60)31-20-33-39(54-53-31)52-42(67-33)37-28(46)10-11-29(48)38(37)47)22-24(2)56(23)35(59)14-16-65-18-19-66-17-15-49-30-5-3-4-27-36(30)45(64)57(44(27)63)32-12-13-34(58)51-41(32)61/h3-11,20,23-24,32,42,49H,12-19,21-22H2,1-2H3,(H,50,60)(H,52,54)(H,51,58,61)/t23-,24+,32?,42-/m0/s1. The van der Waals surface area contributed by atoms with Gasteiger partial charge in [-0.3, -0.25) is 43.8 Å². The van der Waals surface area contributed by atoms with Gasteiger partial charge in [0.2, 0.25) is 23.9 Å². The van der Waals surface area contributed by atoms with E-state index >= 15 is 0 Å². The first-order valence-corrected chi connectivity index (χ1v) is 22.2. The number of carbonyl (C=O) groups is 7. The van der Waals surface area contributed by atoms with Crippen LogP contribution in [0.3, 0.4) is 0 Å². The predicted molar refractivity (Wildman–Crippen MR) is 239 cm³/mol. The summed E-state index contributed by atoms with van der Waals surface area (Å²) in [5, 5.41) is 18.9. The number of amides is 7. The van der Waals surface area contributed by atoms with Crippen molar-refractivity contribution in [2.45, 2.75) is 57.5 Å². The number of carbonyl (C=O) groups excluding carboxylic acids is 7. The number of hydrogen-bond acceptors (Lipinski definition) is 14. The Balaban J connectivity index is 0.730. The maximum absolute atomic E-state index is 14.1. The molecule has 22 heteroatoms. The number of imide groups is 2. The smallest absolute Gasteiger partial charge is 0.276 e. The van der Waals surface area contributed by atoms with E-state index in [1.165, 1.54) is 18.2 Å². The first-order chi connectivity index (χ1) is 32.2. The normalized spacial score (nSPS) is 19.9. The van der Waals surface area contributed by atoms with Gasteiger partial charge in [0.25, 0.3) is 23.6 Å². The number of ether oxygens (including phenoxy) is 3. The van der Waals surface area contributed by atoms with E-state index in [0.29, 0.717) is 36.6 Å². The summed E-state index contributed by atoms with van der Waals surface area (Å²) < 4.78 is 31.3. The van der Waals surface area contributed by atoms with Crippen molar-refractivity contribution in [2.75, 3.05) is 62.0 Å². The molecule has 0 bridgehead atoms. The molecule has 4 aliphatic rings. The summed E-state index contributed by atoms with van der Waals surface area (Å²) >= 11 is 12.4. The highest BCUT2D eigenvalue weighted by Crippen LogP contribution is 2.42. The molecule has 0 aliphatic carbocycles. The molecule has 4 aliphatic heterocycles. The number of piperazine rings is 1. The second-order valence-electron chi connectivity index (χ2n) is 16.2. The second kappa shape index (κ2) is 20.0. The van der Waals surface area contributed by atoms with Crippen molar-refractivity contribution in [1.82, 2.24) is 30.2 Å². The largest absolute Gasteiger partial charge is 0.462 e. The van der Waals surface area contributed by atoms with Crippen LogP contribution in [-0.4, -0.2) is 130 Å². The number of halogens is 3. The zero-order chi connectivity index (χ0) is 47.5. The Morgan fingerprint density at radius 3 is 2.37 bits per heavy atom. The number of aromatic nitrogens is 2. The van der Waals surface area contributed by atoms with Crippen LogP contribution in [0.1, 0.15) is 86.5 Å². The Kier molecular flexibility index (Phi) is 14.0. The molecule has 19 nitrogen and oxygen atoms in total. The third kappa shape index (κ3) is 9.88. The molecule has 2 fully saturated rings. The lowest BCUT2D eigenvalue weighted by Gasteiger charge is -2.44. The molecule has 350 valence electrons. The Hall–Kier alpha value is -6.74. The summed E-state index contributed by atoms with van der Waals surface area (Å²) in [5.41, 5.74) is 1.67. The molecule has 4 aromatic rings. The summed E-state index contributed by atoms with van der Waals surface area (Å²) in [6.45, 7) is 5.61. The molecule has 2 saturated heterocycles. The Labute approximate surface area is 392 Å². The molecule has 1 aromatic heterocycles. The first kappa shape index (κ1) is 46.8. The number of piperidine rings is 1. The molecule has 0 saturated carbocycles. The molecule has 4 N–H and O–H groups in total. The Morgan fingerprint density at radius 1 is 0.910 bits per heavy atom. The van der Waals surface area contributed by atoms with E-state index in [0.717, 1.165) is 11.0 Å². The average Bonchev–Trinajstić information content (AvgIpc) is 3.84. The molecule has 8 rings (SSSR count). The average molecular weight is 961 g/mol. The van der Waals surface area contributed by atoms with E-state index in [2.05, 4.69) is 31.5 Å². The van der Waals surface area contributed by atoms with Crippen LogP contribution in [0.4, 0.5) is 21.6 Å². The van der Waals surface area contributed by atoms with Crippen molar-refractivity contribution in [2.24, 2.45) is 0 Å². The quantitative estimate of drug-likeness (QED) is 0.0721. The lowest BCUT2D eigenvalue weighted by Crippen LogP contribution is -2.59. The topological polar surface area (TPSA) is 231 Å². The van der Waals surface area contributed by atoms with Crippen LogP contribution in [0.5, 0.6) is 5.75 Å². The lowest BCUT2D eigenvalue weighted by atomic mass is 10.0. The number of benzene rings is 3. The molecule has 0 radical (unpaired) electrons. The minimum absolute atomic E-state index is 0.0315. The number of rotatable bonds is 15. The summed E-state index contributed by atoms with van der Waals surface area (Å²) in [4.78, 5) is 94.6.